The lowest BCUT2D eigenvalue weighted by molar-refractivity contribution is -0.116. The van der Waals surface area contributed by atoms with Crippen molar-refractivity contribution in [2.24, 2.45) is 0 Å². The number of amides is 1. The lowest BCUT2D eigenvalue weighted by atomic mass is 9.87. The van der Waals surface area contributed by atoms with Gasteiger partial charge in [-0.3, -0.25) is 9.52 Å². The highest BCUT2D eigenvalue weighted by Crippen LogP contribution is 2.41. The Hall–Kier alpha value is -2.87. The first-order chi connectivity index (χ1) is 13.0. The SMILES string of the molecule is COC(=O)c1ccc(NS(=O)(=O)c2ccc3c(c2)C(C)(C)CN3C(C)=O)cc1. The molecule has 0 saturated carbocycles. The van der Waals surface area contributed by atoms with Crippen LogP contribution in [-0.2, 0) is 25.0 Å². The number of ether oxygens (including phenoxy) is 1. The zero-order valence-electron chi connectivity index (χ0n) is 16.1. The molecule has 1 amide bonds. The number of hydrogen-bond acceptors (Lipinski definition) is 5. The Balaban J connectivity index is 1.91. The summed E-state index contributed by atoms with van der Waals surface area (Å²) in [6.45, 7) is 5.95. The number of anilines is 2. The number of carbonyl (C=O) groups is 2. The number of hydrogen-bond donors (Lipinski definition) is 1. The Labute approximate surface area is 164 Å². The number of methoxy groups -OCH3 is 1. The van der Waals surface area contributed by atoms with Gasteiger partial charge >= 0.3 is 5.97 Å². The van der Waals surface area contributed by atoms with E-state index in [2.05, 4.69) is 9.46 Å². The fourth-order valence-electron chi connectivity index (χ4n) is 3.31. The van der Waals surface area contributed by atoms with E-state index >= 15 is 0 Å². The number of nitrogens with one attached hydrogen (secondary N) is 1. The summed E-state index contributed by atoms with van der Waals surface area (Å²) >= 11 is 0. The zero-order chi connectivity index (χ0) is 20.7. The van der Waals surface area contributed by atoms with Crippen molar-refractivity contribution in [3.63, 3.8) is 0 Å². The molecule has 1 aliphatic rings. The number of esters is 1. The van der Waals surface area contributed by atoms with Crippen molar-refractivity contribution in [3.8, 4) is 0 Å². The van der Waals surface area contributed by atoms with Crippen LogP contribution < -0.4 is 9.62 Å². The Morgan fingerprint density at radius 3 is 2.32 bits per heavy atom. The third kappa shape index (κ3) is 3.60. The van der Waals surface area contributed by atoms with Gasteiger partial charge in [0.1, 0.15) is 0 Å². The highest BCUT2D eigenvalue weighted by atomic mass is 32.2. The summed E-state index contributed by atoms with van der Waals surface area (Å²) in [5.74, 6) is -0.573. The molecule has 2 aromatic rings. The summed E-state index contributed by atoms with van der Waals surface area (Å²) in [4.78, 5) is 25.1. The van der Waals surface area contributed by atoms with Gasteiger partial charge in [0.25, 0.3) is 10.0 Å². The van der Waals surface area contributed by atoms with Gasteiger partial charge in [-0.15, -0.1) is 0 Å². The lowest BCUT2D eigenvalue weighted by Gasteiger charge is -2.19. The average molecular weight is 402 g/mol. The fourth-order valence-corrected chi connectivity index (χ4v) is 4.40. The standard InChI is InChI=1S/C20H22N2O5S/c1-13(23)22-12-20(2,3)17-11-16(9-10-18(17)22)28(25,26)21-15-7-5-14(6-8-15)19(24)27-4/h5-11,21H,12H2,1-4H3. The van der Waals surface area contributed by atoms with Crippen LogP contribution in [0.15, 0.2) is 47.4 Å². The van der Waals surface area contributed by atoms with Crippen LogP contribution in [0.25, 0.3) is 0 Å². The van der Waals surface area contributed by atoms with Gasteiger partial charge in [0, 0.05) is 30.3 Å². The normalized spacial score (nSPS) is 15.1. The van der Waals surface area contributed by atoms with Crippen molar-refractivity contribution in [2.45, 2.75) is 31.1 Å². The molecule has 2 aromatic carbocycles. The highest BCUT2D eigenvalue weighted by Gasteiger charge is 2.37. The Morgan fingerprint density at radius 1 is 1.11 bits per heavy atom. The molecule has 0 aliphatic carbocycles. The molecular weight excluding hydrogens is 380 g/mol. The fraction of sp³-hybridized carbons (Fsp3) is 0.300. The van der Waals surface area contributed by atoms with Crippen LogP contribution in [0.1, 0.15) is 36.7 Å². The topological polar surface area (TPSA) is 92.8 Å². The summed E-state index contributed by atoms with van der Waals surface area (Å²) in [5.41, 5.74) is 1.85. The summed E-state index contributed by atoms with van der Waals surface area (Å²) in [6.07, 6.45) is 0. The van der Waals surface area contributed by atoms with Crippen LogP contribution in [-0.4, -0.2) is 33.9 Å². The molecule has 0 atom stereocenters. The van der Waals surface area contributed by atoms with Crippen molar-refractivity contribution in [1.29, 1.82) is 0 Å². The maximum absolute atomic E-state index is 12.8. The van der Waals surface area contributed by atoms with Crippen molar-refractivity contribution in [1.82, 2.24) is 0 Å². The van der Waals surface area contributed by atoms with Gasteiger partial charge < -0.3 is 9.64 Å². The Kier molecular flexibility index (Phi) is 4.93. The van der Waals surface area contributed by atoms with E-state index in [1.54, 1.807) is 17.0 Å². The van der Waals surface area contributed by atoms with Crippen LogP contribution in [0.3, 0.4) is 0 Å². The van der Waals surface area contributed by atoms with Gasteiger partial charge in [-0.1, -0.05) is 13.8 Å². The minimum Gasteiger partial charge on any atom is -0.465 e. The molecule has 148 valence electrons. The number of carbonyl (C=O) groups excluding carboxylic acids is 2. The average Bonchev–Trinajstić information content (AvgIpc) is 2.92. The van der Waals surface area contributed by atoms with E-state index in [9.17, 15) is 18.0 Å². The maximum atomic E-state index is 12.8. The molecule has 0 spiro atoms. The lowest BCUT2D eigenvalue weighted by Crippen LogP contribution is -2.31. The van der Waals surface area contributed by atoms with Gasteiger partial charge in [-0.05, 0) is 48.0 Å². The van der Waals surface area contributed by atoms with Crippen LogP contribution in [0.2, 0.25) is 0 Å². The van der Waals surface area contributed by atoms with Gasteiger partial charge in [-0.25, -0.2) is 13.2 Å². The molecule has 1 aliphatic heterocycles. The first kappa shape index (κ1) is 19.9. The van der Waals surface area contributed by atoms with Crippen LogP contribution in [0.5, 0.6) is 0 Å². The number of nitrogens with zero attached hydrogens (tertiary/aromatic N) is 1. The first-order valence-electron chi connectivity index (χ1n) is 8.69. The number of benzene rings is 2. The van der Waals surface area contributed by atoms with Crippen LogP contribution >= 0.6 is 0 Å². The summed E-state index contributed by atoms with van der Waals surface area (Å²) in [5, 5.41) is 0. The summed E-state index contributed by atoms with van der Waals surface area (Å²) in [7, 11) is -2.55. The maximum Gasteiger partial charge on any atom is 0.337 e. The zero-order valence-corrected chi connectivity index (χ0v) is 17.0. The van der Waals surface area contributed by atoms with Crippen molar-refractivity contribution >= 4 is 33.3 Å². The van der Waals surface area contributed by atoms with Crippen molar-refractivity contribution in [3.05, 3.63) is 53.6 Å². The molecule has 3 rings (SSSR count). The molecular formula is C20H22N2O5S. The van der Waals surface area contributed by atoms with Crippen LogP contribution in [0, 0.1) is 0 Å². The summed E-state index contributed by atoms with van der Waals surface area (Å²) < 4.78 is 32.8. The molecule has 0 aromatic heterocycles. The van der Waals surface area contributed by atoms with E-state index in [0.29, 0.717) is 17.8 Å². The molecule has 0 radical (unpaired) electrons. The van der Waals surface area contributed by atoms with Crippen LogP contribution in [0.4, 0.5) is 11.4 Å². The van der Waals surface area contributed by atoms with Gasteiger partial charge in [0.15, 0.2) is 0 Å². The number of sulfonamides is 1. The molecule has 0 unspecified atom stereocenters. The molecule has 0 fully saturated rings. The molecule has 1 N–H and O–H groups in total. The van der Waals surface area contributed by atoms with E-state index in [0.717, 1.165) is 11.3 Å². The second kappa shape index (κ2) is 6.94. The predicted molar refractivity (Wildman–Crippen MR) is 106 cm³/mol. The van der Waals surface area contributed by atoms with E-state index in [1.807, 2.05) is 13.8 Å². The molecule has 1 heterocycles. The molecule has 7 nitrogen and oxygen atoms in total. The van der Waals surface area contributed by atoms with Crippen molar-refractivity contribution < 1.29 is 22.7 Å². The smallest absolute Gasteiger partial charge is 0.337 e. The largest absolute Gasteiger partial charge is 0.465 e. The molecule has 0 bridgehead atoms. The Bertz CT molecular complexity index is 1040. The van der Waals surface area contributed by atoms with E-state index in [4.69, 9.17) is 0 Å². The summed E-state index contributed by atoms with van der Waals surface area (Å²) in [6, 6.07) is 10.7. The minimum absolute atomic E-state index is 0.0775. The van der Waals surface area contributed by atoms with E-state index in [-0.39, 0.29) is 16.2 Å². The third-order valence-electron chi connectivity index (χ3n) is 4.79. The second-order valence-electron chi connectivity index (χ2n) is 7.34. The van der Waals surface area contributed by atoms with E-state index in [1.165, 1.54) is 44.4 Å². The van der Waals surface area contributed by atoms with Gasteiger partial charge in [0.2, 0.25) is 5.91 Å². The molecule has 0 saturated heterocycles. The number of fused-ring (bicyclic) bond motifs is 1. The number of rotatable bonds is 4. The monoisotopic (exact) mass is 402 g/mol. The Morgan fingerprint density at radius 2 is 1.75 bits per heavy atom. The highest BCUT2D eigenvalue weighted by molar-refractivity contribution is 7.92. The van der Waals surface area contributed by atoms with E-state index < -0.39 is 16.0 Å². The molecule has 28 heavy (non-hydrogen) atoms. The van der Waals surface area contributed by atoms with Gasteiger partial charge in [0.05, 0.1) is 17.6 Å². The molecule has 8 heteroatoms. The second-order valence-corrected chi connectivity index (χ2v) is 9.02. The third-order valence-corrected chi connectivity index (χ3v) is 6.17. The first-order valence-corrected chi connectivity index (χ1v) is 10.2. The quantitative estimate of drug-likeness (QED) is 0.794. The van der Waals surface area contributed by atoms with Gasteiger partial charge in [-0.2, -0.15) is 0 Å². The minimum atomic E-state index is -3.83. The predicted octanol–water partition coefficient (Wildman–Crippen LogP) is 2.92. The van der Waals surface area contributed by atoms with Crippen molar-refractivity contribution in [2.75, 3.05) is 23.3 Å².